The third-order valence-corrected chi connectivity index (χ3v) is 6.68. The molecule has 7 nitrogen and oxygen atoms in total. The second-order valence-electron chi connectivity index (χ2n) is 9.94. The van der Waals surface area contributed by atoms with E-state index in [1.54, 1.807) is 30.3 Å². The number of aromatic carboxylic acids is 1. The molecule has 206 valence electrons. The summed E-state index contributed by atoms with van der Waals surface area (Å²) in [7, 11) is 1.34. The maximum atomic E-state index is 14.3. The van der Waals surface area contributed by atoms with Gasteiger partial charge in [0.25, 0.3) is 0 Å². The first-order chi connectivity index (χ1) is 18.3. The van der Waals surface area contributed by atoms with Crippen molar-refractivity contribution in [3.63, 3.8) is 0 Å². The molecule has 0 aliphatic rings. The van der Waals surface area contributed by atoms with Crippen LogP contribution >= 0.6 is 0 Å². The molecule has 0 bridgehead atoms. The summed E-state index contributed by atoms with van der Waals surface area (Å²) in [5.74, 6) is -1.53. The van der Waals surface area contributed by atoms with Crippen LogP contribution in [0, 0.1) is 5.82 Å². The van der Waals surface area contributed by atoms with E-state index in [0.717, 1.165) is 12.1 Å². The van der Waals surface area contributed by atoms with Crippen LogP contribution in [-0.4, -0.2) is 51.4 Å². The van der Waals surface area contributed by atoms with Crippen LogP contribution in [0.2, 0.25) is 0 Å². The number of hydrogen-bond acceptors (Lipinski definition) is 5. The first-order valence-electron chi connectivity index (χ1n) is 11.9. The minimum atomic E-state index is -5.02. The summed E-state index contributed by atoms with van der Waals surface area (Å²) in [6.07, 6.45) is -4.36. The molecule has 3 aromatic carbocycles. The van der Waals surface area contributed by atoms with Gasteiger partial charge in [-0.1, -0.05) is 26.0 Å². The van der Waals surface area contributed by atoms with Crippen LogP contribution in [0.4, 0.5) is 23.2 Å². The van der Waals surface area contributed by atoms with Gasteiger partial charge in [0, 0.05) is 16.6 Å². The molecule has 3 N–H and O–H groups in total. The minimum absolute atomic E-state index is 0.0539. The smallest absolute Gasteiger partial charge is 0.418 e. The number of ether oxygens (including phenoxy) is 1. The Balaban J connectivity index is 1.65. The summed E-state index contributed by atoms with van der Waals surface area (Å²) in [4.78, 5) is 11.4. The predicted molar refractivity (Wildman–Crippen MR) is 138 cm³/mol. The number of methoxy groups -OCH3 is 1. The Labute approximate surface area is 221 Å². The zero-order valence-electron chi connectivity index (χ0n) is 21.4. The van der Waals surface area contributed by atoms with Gasteiger partial charge in [-0.2, -0.15) is 18.3 Å². The van der Waals surface area contributed by atoms with Gasteiger partial charge in [0.2, 0.25) is 0 Å². The Morgan fingerprint density at radius 2 is 1.79 bits per heavy atom. The lowest BCUT2D eigenvalue weighted by Crippen LogP contribution is -2.53. The summed E-state index contributed by atoms with van der Waals surface area (Å²) in [6.45, 7) is 2.07. The lowest BCUT2D eigenvalue weighted by atomic mass is 9.74. The van der Waals surface area contributed by atoms with Crippen molar-refractivity contribution in [2.24, 2.45) is 0 Å². The van der Waals surface area contributed by atoms with Gasteiger partial charge in [0.05, 0.1) is 36.6 Å². The van der Waals surface area contributed by atoms with E-state index in [1.165, 1.54) is 50.0 Å². The first kappa shape index (κ1) is 27.9. The van der Waals surface area contributed by atoms with Crippen LogP contribution in [0.3, 0.4) is 0 Å². The molecule has 11 heteroatoms. The van der Waals surface area contributed by atoms with Crippen LogP contribution < -0.4 is 10.1 Å². The van der Waals surface area contributed by atoms with E-state index in [0.29, 0.717) is 16.6 Å². The van der Waals surface area contributed by atoms with Crippen LogP contribution in [0.1, 0.15) is 36.2 Å². The molecule has 0 saturated heterocycles. The number of halogens is 4. The fraction of sp³-hybridized carbons (Fsp3) is 0.286. The Hall–Kier alpha value is -4.12. The van der Waals surface area contributed by atoms with Crippen molar-refractivity contribution in [3.05, 3.63) is 83.8 Å². The van der Waals surface area contributed by atoms with Crippen molar-refractivity contribution < 1.29 is 37.3 Å². The monoisotopic (exact) mass is 545 g/mol. The molecule has 0 amide bonds. The summed E-state index contributed by atoms with van der Waals surface area (Å²) >= 11 is 0. The van der Waals surface area contributed by atoms with Crippen molar-refractivity contribution in [3.8, 4) is 11.4 Å². The molecule has 1 aromatic heterocycles. The van der Waals surface area contributed by atoms with E-state index in [4.69, 9.17) is 4.74 Å². The van der Waals surface area contributed by atoms with Gasteiger partial charge in [-0.25, -0.2) is 13.9 Å². The molecule has 39 heavy (non-hydrogen) atoms. The normalized spacial score (nSPS) is 13.7. The minimum Gasteiger partial charge on any atom is -0.496 e. The van der Waals surface area contributed by atoms with Gasteiger partial charge < -0.3 is 20.3 Å². The van der Waals surface area contributed by atoms with Gasteiger partial charge in [0.15, 0.2) is 5.60 Å². The highest BCUT2D eigenvalue weighted by atomic mass is 19.4. The summed E-state index contributed by atoms with van der Waals surface area (Å²) in [5, 5.41) is 27.8. The summed E-state index contributed by atoms with van der Waals surface area (Å²) in [6, 6.07) is 14.5. The number of nitrogens with one attached hydrogen (secondary N) is 1. The quantitative estimate of drug-likeness (QED) is 0.225. The van der Waals surface area contributed by atoms with Crippen molar-refractivity contribution in [2.45, 2.75) is 37.5 Å². The average molecular weight is 546 g/mol. The third kappa shape index (κ3) is 5.53. The number of aromatic nitrogens is 2. The lowest BCUT2D eigenvalue weighted by molar-refractivity contribution is -0.260. The second kappa shape index (κ2) is 10.2. The van der Waals surface area contributed by atoms with Crippen molar-refractivity contribution in [2.75, 3.05) is 19.0 Å². The maximum Gasteiger partial charge on any atom is 0.418 e. The Bertz CT molecular complexity index is 1520. The summed E-state index contributed by atoms with van der Waals surface area (Å²) < 4.78 is 63.6. The lowest BCUT2D eigenvalue weighted by Gasteiger charge is -2.38. The zero-order valence-corrected chi connectivity index (χ0v) is 21.4. The molecule has 0 spiro atoms. The molecule has 1 atom stereocenters. The largest absolute Gasteiger partial charge is 0.496 e. The van der Waals surface area contributed by atoms with E-state index >= 15 is 0 Å². The van der Waals surface area contributed by atoms with E-state index < -0.39 is 41.9 Å². The fourth-order valence-corrected chi connectivity index (χ4v) is 4.72. The SMILES string of the molecule is COc1ccc(F)cc1C(C)(C)CC(O)(CNc1cccc2c1cnn2-c1cccc(C(=O)O)c1)C(F)(F)F. The fourth-order valence-electron chi connectivity index (χ4n) is 4.72. The number of benzene rings is 3. The number of hydrogen-bond donors (Lipinski definition) is 3. The molecule has 0 aliphatic carbocycles. The predicted octanol–water partition coefficient (Wildman–Crippen LogP) is 5.94. The van der Waals surface area contributed by atoms with Gasteiger partial charge in [-0.3, -0.25) is 0 Å². The highest BCUT2D eigenvalue weighted by Gasteiger charge is 2.56. The number of fused-ring (bicyclic) bond motifs is 1. The number of aliphatic hydroxyl groups is 1. The van der Waals surface area contributed by atoms with Gasteiger partial charge in [-0.15, -0.1) is 0 Å². The highest BCUT2D eigenvalue weighted by Crippen LogP contribution is 2.44. The van der Waals surface area contributed by atoms with E-state index in [2.05, 4.69) is 10.4 Å². The number of nitrogens with zero attached hydrogens (tertiary/aromatic N) is 2. The van der Waals surface area contributed by atoms with Crippen LogP contribution in [0.25, 0.3) is 16.6 Å². The molecule has 4 rings (SSSR count). The molecule has 0 saturated carbocycles. The van der Waals surface area contributed by atoms with E-state index in [-0.39, 0.29) is 22.6 Å². The Kier molecular flexibility index (Phi) is 7.31. The molecular weight excluding hydrogens is 518 g/mol. The maximum absolute atomic E-state index is 14.3. The van der Waals surface area contributed by atoms with E-state index in [9.17, 15) is 32.6 Å². The number of carbonyl (C=O) groups is 1. The molecular formula is C28H27F4N3O4. The molecule has 0 fully saturated rings. The number of carboxylic acid groups (broad SMARTS) is 1. The van der Waals surface area contributed by atoms with Crippen LogP contribution in [-0.2, 0) is 5.41 Å². The van der Waals surface area contributed by atoms with Gasteiger partial charge >= 0.3 is 12.1 Å². The molecule has 0 radical (unpaired) electrons. The molecule has 0 aliphatic heterocycles. The molecule has 4 aromatic rings. The van der Waals surface area contributed by atoms with Gasteiger partial charge in [-0.05, 0) is 60.4 Å². The van der Waals surface area contributed by atoms with Crippen LogP contribution in [0.5, 0.6) is 5.75 Å². The third-order valence-electron chi connectivity index (χ3n) is 6.68. The highest BCUT2D eigenvalue weighted by molar-refractivity contribution is 5.93. The zero-order chi connectivity index (χ0) is 28.6. The van der Waals surface area contributed by atoms with Crippen molar-refractivity contribution in [1.82, 2.24) is 9.78 Å². The number of alkyl halides is 3. The van der Waals surface area contributed by atoms with E-state index in [1.807, 2.05) is 0 Å². The molecule has 1 unspecified atom stereocenters. The topological polar surface area (TPSA) is 96.6 Å². The Morgan fingerprint density at radius 1 is 1.08 bits per heavy atom. The number of anilines is 1. The second-order valence-corrected chi connectivity index (χ2v) is 9.94. The molecule has 1 heterocycles. The Morgan fingerprint density at radius 3 is 2.46 bits per heavy atom. The number of carboxylic acids is 1. The average Bonchev–Trinajstić information content (AvgIpc) is 3.31. The van der Waals surface area contributed by atoms with Crippen molar-refractivity contribution >= 4 is 22.6 Å². The van der Waals surface area contributed by atoms with Gasteiger partial charge in [0.1, 0.15) is 11.6 Å². The first-order valence-corrected chi connectivity index (χ1v) is 11.9. The van der Waals surface area contributed by atoms with Crippen LogP contribution in [0.15, 0.2) is 66.9 Å². The van der Waals surface area contributed by atoms with Crippen molar-refractivity contribution in [1.29, 1.82) is 0 Å². The number of rotatable bonds is 9. The summed E-state index contributed by atoms with van der Waals surface area (Å²) in [5.41, 5.74) is -3.01. The standard InChI is InChI=1S/C28H27F4N3O4/c1-26(2,21-13-18(29)10-11-24(21)39-3)15-27(38,28(30,31)32)16-33-22-8-5-9-23-20(22)14-34-35(23)19-7-4-6-17(12-19)25(36)37/h4-14,33,38H,15-16H2,1-3H3,(H,36,37).